The molecule has 3 heteroatoms. The molecule has 0 amide bonds. The number of nitrogens with zero attached hydrogens (tertiary/aromatic N) is 2. The van der Waals surface area contributed by atoms with Crippen LogP contribution in [0.15, 0.2) is 5.10 Å². The third kappa shape index (κ3) is 4.54. The Labute approximate surface area is 79.8 Å². The Balaban J connectivity index is 2.19. The minimum absolute atomic E-state index is 0.778. The van der Waals surface area contributed by atoms with Crippen LogP contribution in [-0.4, -0.2) is 37.5 Å². The molecule has 0 aromatic heterocycles. The summed E-state index contributed by atoms with van der Waals surface area (Å²) in [6, 6.07) is 0. The smallest absolute Gasteiger partial charge is 0.0968 e. The average molecular weight is 180 g/mol. The van der Waals surface area contributed by atoms with Crippen LogP contribution in [0.25, 0.3) is 0 Å². The molecule has 0 aliphatic carbocycles. The van der Waals surface area contributed by atoms with Gasteiger partial charge in [0.1, 0.15) is 0 Å². The zero-order valence-electron chi connectivity index (χ0n) is 8.12. The highest BCUT2D eigenvalue weighted by Crippen LogP contribution is 1.95. The largest absolute Gasteiger partial charge is 0.378 e. The van der Waals surface area contributed by atoms with Crippen LogP contribution in [0.4, 0.5) is 0 Å². The lowest BCUT2D eigenvalue weighted by molar-refractivity contribution is 0.0397. The lowest BCUT2D eigenvalue weighted by Gasteiger charge is -2.22. The molecule has 0 bridgehead atoms. The van der Waals surface area contributed by atoms with Crippen LogP contribution in [0, 0.1) is 11.8 Å². The molecule has 1 rings (SSSR count). The van der Waals surface area contributed by atoms with Crippen LogP contribution in [0.1, 0.15) is 19.8 Å². The molecule has 0 atom stereocenters. The summed E-state index contributed by atoms with van der Waals surface area (Å²) in [5, 5.41) is 6.20. The van der Waals surface area contributed by atoms with E-state index in [2.05, 4.69) is 23.9 Å². The fraction of sp³-hybridized carbons (Fsp3) is 0.700. The molecule has 1 saturated heterocycles. The van der Waals surface area contributed by atoms with E-state index in [4.69, 9.17) is 4.74 Å². The van der Waals surface area contributed by atoms with E-state index in [1.807, 2.05) is 5.01 Å². The van der Waals surface area contributed by atoms with Gasteiger partial charge in [-0.25, -0.2) is 0 Å². The Hall–Kier alpha value is -1.01. The summed E-state index contributed by atoms with van der Waals surface area (Å²) in [6.45, 7) is 5.44. The van der Waals surface area contributed by atoms with Gasteiger partial charge in [-0.2, -0.15) is 5.10 Å². The van der Waals surface area contributed by atoms with Crippen molar-refractivity contribution in [2.24, 2.45) is 5.10 Å². The van der Waals surface area contributed by atoms with Crippen molar-refractivity contribution < 1.29 is 4.74 Å². The van der Waals surface area contributed by atoms with E-state index in [0.29, 0.717) is 0 Å². The van der Waals surface area contributed by atoms with Crippen molar-refractivity contribution in [3.05, 3.63) is 0 Å². The predicted octanol–water partition coefficient (Wildman–Crippen LogP) is 1.11. The topological polar surface area (TPSA) is 24.8 Å². The minimum Gasteiger partial charge on any atom is -0.378 e. The van der Waals surface area contributed by atoms with Crippen molar-refractivity contribution in [1.29, 1.82) is 0 Å². The van der Waals surface area contributed by atoms with E-state index < -0.39 is 0 Å². The second-order valence-corrected chi connectivity index (χ2v) is 2.88. The van der Waals surface area contributed by atoms with Crippen molar-refractivity contribution in [3.8, 4) is 11.8 Å². The summed E-state index contributed by atoms with van der Waals surface area (Å²) in [5.74, 6) is 5.93. The second-order valence-electron chi connectivity index (χ2n) is 2.88. The van der Waals surface area contributed by atoms with Crippen LogP contribution in [0.5, 0.6) is 0 Å². The Kier molecular flexibility index (Phi) is 5.04. The molecule has 0 N–H and O–H groups in total. The van der Waals surface area contributed by atoms with E-state index in [1.54, 1.807) is 6.21 Å². The first-order valence-corrected chi connectivity index (χ1v) is 4.77. The first kappa shape index (κ1) is 10.1. The lowest BCUT2D eigenvalue weighted by Crippen LogP contribution is -2.32. The van der Waals surface area contributed by atoms with Gasteiger partial charge in [0.25, 0.3) is 0 Å². The number of rotatable bonds is 2. The predicted molar refractivity (Wildman–Crippen MR) is 53.6 cm³/mol. The zero-order chi connectivity index (χ0) is 9.36. The monoisotopic (exact) mass is 180 g/mol. The van der Waals surface area contributed by atoms with E-state index >= 15 is 0 Å². The Morgan fingerprint density at radius 3 is 2.92 bits per heavy atom. The quantitative estimate of drug-likeness (QED) is 0.469. The van der Waals surface area contributed by atoms with Crippen molar-refractivity contribution in [2.75, 3.05) is 26.3 Å². The van der Waals surface area contributed by atoms with E-state index in [9.17, 15) is 0 Å². The van der Waals surface area contributed by atoms with Gasteiger partial charge in [-0.15, -0.1) is 0 Å². The molecule has 1 aliphatic rings. The van der Waals surface area contributed by atoms with Gasteiger partial charge in [0.05, 0.1) is 32.5 Å². The number of hydrazone groups is 1. The van der Waals surface area contributed by atoms with Gasteiger partial charge in [0.15, 0.2) is 0 Å². The lowest BCUT2D eigenvalue weighted by atomic mass is 10.3. The Morgan fingerprint density at radius 2 is 2.23 bits per heavy atom. The number of ether oxygens (including phenoxy) is 1. The third-order valence-corrected chi connectivity index (χ3v) is 1.75. The highest BCUT2D eigenvalue weighted by Gasteiger charge is 2.05. The molecule has 3 nitrogen and oxygen atoms in total. The molecule has 0 radical (unpaired) electrons. The maximum absolute atomic E-state index is 5.19. The van der Waals surface area contributed by atoms with Crippen LogP contribution in [-0.2, 0) is 4.74 Å². The maximum atomic E-state index is 5.19. The summed E-state index contributed by atoms with van der Waals surface area (Å²) in [5.41, 5.74) is 0. The van der Waals surface area contributed by atoms with Crippen molar-refractivity contribution in [2.45, 2.75) is 19.8 Å². The standard InChI is InChI=1S/C10H16N2O/c1-2-3-4-5-6-11-12-7-9-13-10-8-12/h6H,2-3,7-10H2,1H3. The molecule has 0 saturated carbocycles. The summed E-state index contributed by atoms with van der Waals surface area (Å²) in [7, 11) is 0. The van der Waals surface area contributed by atoms with Gasteiger partial charge in [0.2, 0.25) is 0 Å². The molecule has 0 unspecified atom stereocenters. The summed E-state index contributed by atoms with van der Waals surface area (Å²) in [4.78, 5) is 0. The summed E-state index contributed by atoms with van der Waals surface area (Å²) in [6.07, 6.45) is 3.74. The summed E-state index contributed by atoms with van der Waals surface area (Å²) < 4.78 is 5.19. The number of hydrogen-bond donors (Lipinski definition) is 0. The fourth-order valence-electron chi connectivity index (χ4n) is 1.02. The van der Waals surface area contributed by atoms with Gasteiger partial charge in [-0.3, -0.25) is 5.01 Å². The SMILES string of the molecule is CCCC#CC=NN1CCOCC1. The molecule has 0 aromatic carbocycles. The van der Waals surface area contributed by atoms with Crippen molar-refractivity contribution in [1.82, 2.24) is 5.01 Å². The van der Waals surface area contributed by atoms with Crippen LogP contribution in [0.3, 0.4) is 0 Å². The number of hydrogen-bond acceptors (Lipinski definition) is 3. The first-order chi connectivity index (χ1) is 6.43. The summed E-state index contributed by atoms with van der Waals surface area (Å²) >= 11 is 0. The molecule has 1 fully saturated rings. The van der Waals surface area contributed by atoms with Crippen LogP contribution < -0.4 is 0 Å². The van der Waals surface area contributed by atoms with Gasteiger partial charge >= 0.3 is 0 Å². The number of unbranched alkanes of at least 4 members (excludes halogenated alkanes) is 1. The van der Waals surface area contributed by atoms with Crippen molar-refractivity contribution >= 4 is 6.21 Å². The van der Waals surface area contributed by atoms with Crippen molar-refractivity contribution in [3.63, 3.8) is 0 Å². The van der Waals surface area contributed by atoms with Crippen LogP contribution >= 0.6 is 0 Å². The second kappa shape index (κ2) is 6.50. The third-order valence-electron chi connectivity index (χ3n) is 1.75. The first-order valence-electron chi connectivity index (χ1n) is 4.77. The molecular weight excluding hydrogens is 164 g/mol. The minimum atomic E-state index is 0.778. The molecule has 0 aromatic rings. The Bertz CT molecular complexity index is 209. The molecule has 1 heterocycles. The Morgan fingerprint density at radius 1 is 1.46 bits per heavy atom. The van der Waals surface area contributed by atoms with E-state index in [1.165, 1.54) is 0 Å². The maximum Gasteiger partial charge on any atom is 0.0968 e. The van der Waals surface area contributed by atoms with Gasteiger partial charge in [0, 0.05) is 6.42 Å². The zero-order valence-corrected chi connectivity index (χ0v) is 8.12. The van der Waals surface area contributed by atoms with E-state index in [0.717, 1.165) is 39.1 Å². The highest BCUT2D eigenvalue weighted by molar-refractivity contribution is 5.77. The normalized spacial score (nSPS) is 17.2. The van der Waals surface area contributed by atoms with Crippen LogP contribution in [0.2, 0.25) is 0 Å². The van der Waals surface area contributed by atoms with Gasteiger partial charge in [-0.1, -0.05) is 18.8 Å². The van der Waals surface area contributed by atoms with E-state index in [-0.39, 0.29) is 0 Å². The number of morpholine rings is 1. The molecule has 13 heavy (non-hydrogen) atoms. The van der Waals surface area contributed by atoms with Gasteiger partial charge < -0.3 is 4.74 Å². The molecular formula is C10H16N2O. The molecule has 1 aliphatic heterocycles. The highest BCUT2D eigenvalue weighted by atomic mass is 16.5. The fourth-order valence-corrected chi connectivity index (χ4v) is 1.02. The molecule has 72 valence electrons. The average Bonchev–Trinajstić information content (AvgIpc) is 2.19. The van der Waals surface area contributed by atoms with Gasteiger partial charge in [-0.05, 0) is 6.42 Å². The molecule has 0 spiro atoms.